The van der Waals surface area contributed by atoms with Crippen molar-refractivity contribution >= 4 is 27.7 Å². The third-order valence-corrected chi connectivity index (χ3v) is 9.69. The van der Waals surface area contributed by atoms with Crippen LogP contribution in [-0.2, 0) is 23.1 Å². The molecule has 0 radical (unpaired) electrons. The van der Waals surface area contributed by atoms with Gasteiger partial charge in [0.2, 0.25) is 0 Å². The minimum absolute atomic E-state index is 0.00979. The van der Waals surface area contributed by atoms with E-state index in [4.69, 9.17) is 25.8 Å². The van der Waals surface area contributed by atoms with Crippen molar-refractivity contribution in [1.82, 2.24) is 9.88 Å². The molecule has 0 amide bonds. The van der Waals surface area contributed by atoms with Crippen LogP contribution >= 0.6 is 11.6 Å². The molecule has 1 atom stereocenters. The van der Waals surface area contributed by atoms with Crippen LogP contribution in [0, 0.1) is 13.8 Å². The first-order chi connectivity index (χ1) is 22.5. The molecule has 5 rings (SSSR count). The van der Waals surface area contributed by atoms with E-state index in [2.05, 4.69) is 35.9 Å². The molecule has 248 valence electrons. The summed E-state index contributed by atoms with van der Waals surface area (Å²) in [6.07, 6.45) is 6.04. The maximum atomic E-state index is 11.9. The van der Waals surface area contributed by atoms with E-state index >= 15 is 0 Å². The average Bonchev–Trinajstić information content (AvgIpc) is 3.47. The number of aliphatic hydroxyl groups excluding tert-OH is 1. The molecule has 1 N–H and O–H groups in total. The van der Waals surface area contributed by atoms with E-state index in [-0.39, 0.29) is 40.5 Å². The zero-order valence-electron chi connectivity index (χ0n) is 26.7. The molecule has 0 spiro atoms. The van der Waals surface area contributed by atoms with Crippen LogP contribution in [0.3, 0.4) is 0 Å². The predicted molar refractivity (Wildman–Crippen MR) is 181 cm³/mol. The molecule has 47 heavy (non-hydrogen) atoms. The fourth-order valence-electron chi connectivity index (χ4n) is 5.62. The Bertz CT molecular complexity index is 1850. The molecular formula is C36H39ClN2O7S. The van der Waals surface area contributed by atoms with Gasteiger partial charge in [-0.1, -0.05) is 41.9 Å². The van der Waals surface area contributed by atoms with E-state index in [0.29, 0.717) is 24.2 Å². The van der Waals surface area contributed by atoms with Crippen molar-refractivity contribution in [2.24, 2.45) is 0 Å². The fourth-order valence-corrected chi connectivity index (χ4v) is 6.46. The first-order valence-electron chi connectivity index (χ1n) is 15.4. The fraction of sp³-hybridized carbons (Fsp3) is 0.333. The van der Waals surface area contributed by atoms with Gasteiger partial charge >= 0.3 is 0 Å². The van der Waals surface area contributed by atoms with Crippen LogP contribution < -0.4 is 14.2 Å². The Morgan fingerprint density at radius 2 is 1.70 bits per heavy atom. The van der Waals surface area contributed by atoms with E-state index in [0.717, 1.165) is 72.3 Å². The Labute approximate surface area is 281 Å². The number of rotatable bonds is 14. The first-order valence-corrected chi connectivity index (χ1v) is 17.7. The van der Waals surface area contributed by atoms with Crippen LogP contribution in [0.25, 0.3) is 11.1 Å². The van der Waals surface area contributed by atoms with E-state index in [1.807, 2.05) is 24.3 Å². The Morgan fingerprint density at radius 1 is 0.957 bits per heavy atom. The number of benzene rings is 3. The highest BCUT2D eigenvalue weighted by Gasteiger charge is 2.20. The number of aromatic nitrogens is 1. The van der Waals surface area contributed by atoms with Gasteiger partial charge in [0.05, 0.1) is 28.2 Å². The highest BCUT2D eigenvalue weighted by molar-refractivity contribution is 7.90. The number of hydrogen-bond donors (Lipinski definition) is 1. The van der Waals surface area contributed by atoms with Crippen LogP contribution in [0.15, 0.2) is 71.9 Å². The number of carbonyl (C=O) groups excluding carboxylic acids is 1. The Balaban J connectivity index is 1.27. The molecule has 3 aromatic carbocycles. The first kappa shape index (κ1) is 34.4. The molecule has 1 fully saturated rings. The number of β-amino-alcohol motifs (C(OH)–C–C–N with tert-alkyl or cyclic N) is 1. The average molecular weight is 679 g/mol. The molecule has 1 unspecified atom stereocenters. The zero-order chi connectivity index (χ0) is 33.6. The van der Waals surface area contributed by atoms with Crippen LogP contribution in [0.2, 0.25) is 5.02 Å². The van der Waals surface area contributed by atoms with Gasteiger partial charge in [-0.2, -0.15) is 0 Å². The SMILES string of the molecule is Cc1c(COc2cc(OCc3cncc(S(C)(=O)=O)c3)c(C=O)cc2Cl)cccc1-c1cccc(OCCCN2CCC(O)C2)c1C. The molecule has 9 nitrogen and oxygen atoms in total. The summed E-state index contributed by atoms with van der Waals surface area (Å²) >= 11 is 6.49. The maximum Gasteiger partial charge on any atom is 0.177 e. The summed E-state index contributed by atoms with van der Waals surface area (Å²) < 4.78 is 42.0. The topological polar surface area (TPSA) is 115 Å². The second-order valence-electron chi connectivity index (χ2n) is 11.8. The second-order valence-corrected chi connectivity index (χ2v) is 14.2. The lowest BCUT2D eigenvalue weighted by atomic mass is 9.93. The Kier molecular flexibility index (Phi) is 11.2. The molecule has 0 saturated carbocycles. The molecule has 0 bridgehead atoms. The third kappa shape index (κ3) is 8.70. The normalized spacial score (nSPS) is 15.0. The smallest absolute Gasteiger partial charge is 0.177 e. The van der Waals surface area contributed by atoms with Crippen molar-refractivity contribution in [3.05, 3.63) is 99.8 Å². The van der Waals surface area contributed by atoms with Gasteiger partial charge in [-0.15, -0.1) is 0 Å². The van der Waals surface area contributed by atoms with Gasteiger partial charge < -0.3 is 24.2 Å². The van der Waals surface area contributed by atoms with Gasteiger partial charge in [0.25, 0.3) is 0 Å². The van der Waals surface area contributed by atoms with Crippen LogP contribution in [0.5, 0.6) is 17.2 Å². The highest BCUT2D eigenvalue weighted by atomic mass is 35.5. The summed E-state index contributed by atoms with van der Waals surface area (Å²) in [7, 11) is -3.43. The summed E-state index contributed by atoms with van der Waals surface area (Å²) in [6, 6.07) is 16.7. The maximum absolute atomic E-state index is 11.9. The number of pyridine rings is 1. The van der Waals surface area contributed by atoms with Crippen molar-refractivity contribution in [2.45, 2.75) is 50.9 Å². The number of hydrogen-bond acceptors (Lipinski definition) is 9. The molecule has 11 heteroatoms. The summed E-state index contributed by atoms with van der Waals surface area (Å²) in [4.78, 5) is 18.1. The van der Waals surface area contributed by atoms with Crippen molar-refractivity contribution < 1.29 is 32.5 Å². The van der Waals surface area contributed by atoms with Crippen LogP contribution in [-0.4, -0.2) is 68.3 Å². The number of likely N-dealkylation sites (tertiary alicyclic amines) is 1. The van der Waals surface area contributed by atoms with Gasteiger partial charge in [-0.05, 0) is 72.7 Å². The predicted octanol–water partition coefficient (Wildman–Crippen LogP) is 6.23. The summed E-state index contributed by atoms with van der Waals surface area (Å²) in [5.41, 5.74) is 5.97. The number of nitrogens with zero attached hydrogens (tertiary/aromatic N) is 2. The molecule has 4 aromatic rings. The number of carbonyl (C=O) groups is 1. The number of ether oxygens (including phenoxy) is 3. The van der Waals surface area contributed by atoms with E-state index in [9.17, 15) is 18.3 Å². The van der Waals surface area contributed by atoms with E-state index in [1.165, 1.54) is 24.5 Å². The number of halogens is 1. The van der Waals surface area contributed by atoms with Gasteiger partial charge in [-0.3, -0.25) is 9.78 Å². The lowest BCUT2D eigenvalue weighted by Gasteiger charge is -2.18. The van der Waals surface area contributed by atoms with Crippen molar-refractivity contribution in [3.63, 3.8) is 0 Å². The van der Waals surface area contributed by atoms with Crippen LogP contribution in [0.4, 0.5) is 0 Å². The minimum atomic E-state index is -3.43. The summed E-state index contributed by atoms with van der Waals surface area (Å²) in [5.74, 6) is 1.44. The summed E-state index contributed by atoms with van der Waals surface area (Å²) in [6.45, 7) is 7.50. The molecule has 1 aliphatic rings. The molecule has 1 aromatic heterocycles. The Hall–Kier alpha value is -3.96. The van der Waals surface area contributed by atoms with Gasteiger partial charge in [0.15, 0.2) is 16.1 Å². The zero-order valence-corrected chi connectivity index (χ0v) is 28.3. The summed E-state index contributed by atoms with van der Waals surface area (Å²) in [5, 5.41) is 10.0. The van der Waals surface area contributed by atoms with Gasteiger partial charge in [0.1, 0.15) is 30.5 Å². The van der Waals surface area contributed by atoms with Crippen molar-refractivity contribution in [1.29, 1.82) is 0 Å². The molecule has 1 saturated heterocycles. The monoisotopic (exact) mass is 678 g/mol. The standard InChI is InChI=1S/C36H39ClN2O7S/c1-24-27(7-4-8-31(24)32-9-5-10-34(25(32)2)44-14-6-12-39-13-11-29(41)20-39)23-46-36-17-35(28(21-40)16-33(36)37)45-22-26-15-30(19-38-18-26)47(3,42)43/h4-5,7-10,15-19,21,29,41H,6,11-14,20,22-23H2,1-3H3. The molecule has 2 heterocycles. The van der Waals surface area contributed by atoms with Crippen molar-refractivity contribution in [3.8, 4) is 28.4 Å². The number of aliphatic hydroxyl groups is 1. The van der Waals surface area contributed by atoms with E-state index < -0.39 is 9.84 Å². The molecule has 1 aliphatic heterocycles. The lowest BCUT2D eigenvalue weighted by Crippen LogP contribution is -2.24. The van der Waals surface area contributed by atoms with Gasteiger partial charge in [0, 0.05) is 49.9 Å². The largest absolute Gasteiger partial charge is 0.493 e. The van der Waals surface area contributed by atoms with E-state index in [1.54, 1.807) is 6.07 Å². The quantitative estimate of drug-likeness (QED) is 0.122. The Morgan fingerprint density at radius 3 is 2.43 bits per heavy atom. The minimum Gasteiger partial charge on any atom is -0.493 e. The molecule has 0 aliphatic carbocycles. The number of aldehydes is 1. The second kappa shape index (κ2) is 15.3. The third-order valence-electron chi connectivity index (χ3n) is 8.31. The number of sulfone groups is 1. The highest BCUT2D eigenvalue weighted by Crippen LogP contribution is 2.36. The molecular weight excluding hydrogens is 640 g/mol. The van der Waals surface area contributed by atoms with Crippen LogP contribution in [0.1, 0.15) is 45.5 Å². The van der Waals surface area contributed by atoms with Crippen molar-refractivity contribution in [2.75, 3.05) is 32.5 Å². The van der Waals surface area contributed by atoms with Gasteiger partial charge in [-0.25, -0.2) is 8.42 Å². The lowest BCUT2D eigenvalue weighted by molar-refractivity contribution is 0.111.